The number of carbonyl (C=O) groups is 1. The van der Waals surface area contributed by atoms with Crippen molar-refractivity contribution in [3.8, 4) is 5.75 Å². The lowest BCUT2D eigenvalue weighted by Gasteiger charge is -2.35. The van der Waals surface area contributed by atoms with Gasteiger partial charge in [0.2, 0.25) is 5.91 Å². The third kappa shape index (κ3) is 3.13. The Balaban J connectivity index is 1.71. The summed E-state index contributed by atoms with van der Waals surface area (Å²) >= 11 is 0. The molecule has 1 N–H and O–H groups in total. The Morgan fingerprint density at radius 1 is 1.00 bits per heavy atom. The number of hydrogen-bond acceptors (Lipinski definition) is 4. The topological polar surface area (TPSA) is 75.7 Å². The number of nitrogens with one attached hydrogen (secondary N) is 1. The highest BCUT2D eigenvalue weighted by Gasteiger charge is 2.30. The minimum Gasteiger partial charge on any atom is -0.496 e. The Hall–Kier alpha value is -2.54. The fourth-order valence-corrected chi connectivity index (χ4v) is 5.52. The zero-order chi connectivity index (χ0) is 20.1. The Kier molecular flexibility index (Phi) is 4.57. The molecule has 2 heterocycles. The van der Waals surface area contributed by atoms with E-state index in [0.29, 0.717) is 24.3 Å². The second-order valence-electron chi connectivity index (χ2n) is 7.49. The number of benzene rings is 2. The predicted molar refractivity (Wildman–Crippen MR) is 109 cm³/mol. The molecule has 2 aromatic rings. The molecule has 0 spiro atoms. The second-order valence-corrected chi connectivity index (χ2v) is 9.17. The van der Waals surface area contributed by atoms with Crippen molar-refractivity contribution in [2.75, 3.05) is 23.3 Å². The van der Waals surface area contributed by atoms with Gasteiger partial charge in [-0.2, -0.15) is 0 Å². The molecule has 0 aromatic heterocycles. The zero-order valence-electron chi connectivity index (χ0n) is 16.3. The maximum atomic E-state index is 13.0. The molecule has 7 heteroatoms. The highest BCUT2D eigenvalue weighted by Crippen LogP contribution is 2.38. The first-order chi connectivity index (χ1) is 13.3. The summed E-state index contributed by atoms with van der Waals surface area (Å²) in [6.07, 6.45) is 2.86. The first-order valence-electron chi connectivity index (χ1n) is 9.44. The molecule has 0 atom stereocenters. The van der Waals surface area contributed by atoms with Gasteiger partial charge in [0.25, 0.3) is 10.0 Å². The molecule has 0 fully saturated rings. The van der Waals surface area contributed by atoms with Gasteiger partial charge >= 0.3 is 0 Å². The fourth-order valence-electron chi connectivity index (χ4n) is 4.31. The number of hydrogen-bond donors (Lipinski definition) is 1. The van der Waals surface area contributed by atoms with Gasteiger partial charge in [0.05, 0.1) is 17.7 Å². The van der Waals surface area contributed by atoms with E-state index in [4.69, 9.17) is 4.74 Å². The highest BCUT2D eigenvalue weighted by molar-refractivity contribution is 7.92. The average Bonchev–Trinajstić information content (AvgIpc) is 2.64. The van der Waals surface area contributed by atoms with E-state index in [0.717, 1.165) is 47.3 Å². The van der Waals surface area contributed by atoms with E-state index < -0.39 is 10.0 Å². The van der Waals surface area contributed by atoms with Gasteiger partial charge in [-0.15, -0.1) is 0 Å². The van der Waals surface area contributed by atoms with Gasteiger partial charge in [0.1, 0.15) is 5.75 Å². The van der Waals surface area contributed by atoms with Crippen LogP contribution in [0.3, 0.4) is 0 Å². The van der Waals surface area contributed by atoms with E-state index in [1.165, 1.54) is 0 Å². The molecule has 1 amide bonds. The van der Waals surface area contributed by atoms with Gasteiger partial charge < -0.3 is 9.64 Å². The van der Waals surface area contributed by atoms with Gasteiger partial charge in [0.15, 0.2) is 0 Å². The van der Waals surface area contributed by atoms with Crippen molar-refractivity contribution in [1.29, 1.82) is 0 Å². The van der Waals surface area contributed by atoms with Crippen LogP contribution in [0.5, 0.6) is 5.75 Å². The van der Waals surface area contributed by atoms with E-state index in [-0.39, 0.29) is 10.8 Å². The van der Waals surface area contributed by atoms with Gasteiger partial charge in [-0.3, -0.25) is 9.52 Å². The lowest BCUT2D eigenvalue weighted by molar-refractivity contribution is -0.119. The molecule has 28 heavy (non-hydrogen) atoms. The number of amides is 1. The van der Waals surface area contributed by atoms with Crippen molar-refractivity contribution in [2.45, 2.75) is 44.4 Å². The number of anilines is 2. The third-order valence-corrected chi connectivity index (χ3v) is 6.84. The predicted octanol–water partition coefficient (Wildman–Crippen LogP) is 3.34. The summed E-state index contributed by atoms with van der Waals surface area (Å²) in [5.74, 6) is 0.855. The molecule has 148 valence electrons. The molecule has 6 nitrogen and oxygen atoms in total. The highest BCUT2D eigenvalue weighted by atomic mass is 32.2. The number of methoxy groups -OCH3 is 1. The van der Waals surface area contributed by atoms with Crippen molar-refractivity contribution in [3.63, 3.8) is 0 Å². The SMILES string of the molecule is COc1c(C)cc(S(=O)(=O)Nc2cc3c4c(c2)CCC(=O)N4CCC3)cc1C. The molecular formula is C21H24N2O4S. The van der Waals surface area contributed by atoms with Crippen LogP contribution >= 0.6 is 0 Å². The summed E-state index contributed by atoms with van der Waals surface area (Å²) < 4.78 is 34.0. The van der Waals surface area contributed by atoms with Gasteiger partial charge in [-0.1, -0.05) is 0 Å². The smallest absolute Gasteiger partial charge is 0.261 e. The molecular weight excluding hydrogens is 376 g/mol. The Morgan fingerprint density at radius 3 is 2.29 bits per heavy atom. The lowest BCUT2D eigenvalue weighted by Crippen LogP contribution is -2.39. The summed E-state index contributed by atoms with van der Waals surface area (Å²) in [5.41, 5.74) is 5.17. The van der Waals surface area contributed by atoms with Crippen LogP contribution in [-0.2, 0) is 27.7 Å². The largest absolute Gasteiger partial charge is 0.496 e. The molecule has 0 bridgehead atoms. The summed E-state index contributed by atoms with van der Waals surface area (Å²) in [6.45, 7) is 4.41. The van der Waals surface area contributed by atoms with Gasteiger partial charge in [-0.25, -0.2) is 8.42 Å². The normalized spacial score (nSPS) is 16.0. The van der Waals surface area contributed by atoms with Crippen LogP contribution in [0.2, 0.25) is 0 Å². The first kappa shape index (κ1) is 18.8. The van der Waals surface area contributed by atoms with E-state index >= 15 is 0 Å². The van der Waals surface area contributed by atoms with Crippen LogP contribution in [0, 0.1) is 13.8 Å². The number of aryl methyl sites for hydroxylation is 4. The summed E-state index contributed by atoms with van der Waals surface area (Å²) in [6, 6.07) is 6.97. The molecule has 0 aliphatic carbocycles. The maximum Gasteiger partial charge on any atom is 0.261 e. The molecule has 0 saturated heterocycles. The fraction of sp³-hybridized carbons (Fsp3) is 0.381. The standard InChI is InChI=1S/C21H24N2O4S/c1-13-9-18(10-14(2)21(13)27-3)28(25,26)22-17-11-15-5-4-8-23-19(24)7-6-16(12-17)20(15)23/h9-12,22H,4-8H2,1-3H3. The summed E-state index contributed by atoms with van der Waals surface area (Å²) in [7, 11) is -2.15. The lowest BCUT2D eigenvalue weighted by atomic mass is 9.91. The molecule has 0 saturated carbocycles. The minimum absolute atomic E-state index is 0.158. The first-order valence-corrected chi connectivity index (χ1v) is 10.9. The van der Waals surface area contributed by atoms with E-state index in [9.17, 15) is 13.2 Å². The summed E-state index contributed by atoms with van der Waals surface area (Å²) in [5, 5.41) is 0. The molecule has 0 radical (unpaired) electrons. The molecule has 0 unspecified atom stereocenters. The van der Waals surface area contributed by atoms with Crippen LogP contribution in [0.4, 0.5) is 11.4 Å². The maximum absolute atomic E-state index is 13.0. The Morgan fingerprint density at radius 2 is 1.64 bits per heavy atom. The molecule has 4 rings (SSSR count). The number of rotatable bonds is 4. The molecule has 2 aliphatic heterocycles. The monoisotopic (exact) mass is 400 g/mol. The Labute approximate surface area is 165 Å². The van der Waals surface area contributed by atoms with Crippen LogP contribution in [0.25, 0.3) is 0 Å². The van der Waals surface area contributed by atoms with E-state index in [1.54, 1.807) is 19.2 Å². The summed E-state index contributed by atoms with van der Waals surface area (Å²) in [4.78, 5) is 14.3. The van der Waals surface area contributed by atoms with Crippen molar-refractivity contribution in [3.05, 3.63) is 46.5 Å². The van der Waals surface area contributed by atoms with Gasteiger partial charge in [0, 0.05) is 18.7 Å². The Bertz CT molecular complexity index is 1040. The molecule has 2 aliphatic rings. The number of carbonyl (C=O) groups excluding carboxylic acids is 1. The second kappa shape index (κ2) is 6.81. The van der Waals surface area contributed by atoms with Crippen LogP contribution in [0.15, 0.2) is 29.2 Å². The number of ether oxygens (including phenoxy) is 1. The quantitative estimate of drug-likeness (QED) is 0.854. The third-order valence-electron chi connectivity index (χ3n) is 5.48. The zero-order valence-corrected chi connectivity index (χ0v) is 17.1. The number of sulfonamides is 1. The molecule has 2 aromatic carbocycles. The van der Waals surface area contributed by atoms with Crippen molar-refractivity contribution < 1.29 is 17.9 Å². The van der Waals surface area contributed by atoms with E-state index in [2.05, 4.69) is 4.72 Å². The van der Waals surface area contributed by atoms with E-state index in [1.807, 2.05) is 30.9 Å². The average molecular weight is 401 g/mol. The minimum atomic E-state index is -3.73. The van der Waals surface area contributed by atoms with Crippen molar-refractivity contribution in [2.24, 2.45) is 0 Å². The van der Waals surface area contributed by atoms with Crippen molar-refractivity contribution in [1.82, 2.24) is 0 Å². The van der Waals surface area contributed by atoms with Crippen molar-refractivity contribution >= 4 is 27.3 Å². The van der Waals surface area contributed by atoms with Gasteiger partial charge in [-0.05, 0) is 79.6 Å². The number of nitrogens with zero attached hydrogens (tertiary/aromatic N) is 1. The van der Waals surface area contributed by atoms with Crippen LogP contribution in [-0.4, -0.2) is 28.0 Å². The van der Waals surface area contributed by atoms with Crippen LogP contribution < -0.4 is 14.4 Å². The van der Waals surface area contributed by atoms with Crippen LogP contribution in [0.1, 0.15) is 35.1 Å².